The number of carbonyl (C=O) groups is 1. The fraction of sp³-hybridized carbons (Fsp3) is 0.462. The standard InChI is InChI=1S/C13H21N3O3S.ClH/c1-9-5-6-10(15-12(17)8-14)7-11(9)20(18,19)16-13(2,3)4;/h5-7,16H,8,14H2,1-4H3,(H,15,17);1H. The number of rotatable bonds is 4. The van der Waals surface area contributed by atoms with Crippen LogP contribution in [-0.4, -0.2) is 26.4 Å². The van der Waals surface area contributed by atoms with Gasteiger partial charge in [-0.2, -0.15) is 0 Å². The minimum atomic E-state index is -3.65. The quantitative estimate of drug-likeness (QED) is 0.773. The number of halogens is 1. The highest BCUT2D eigenvalue weighted by Crippen LogP contribution is 2.21. The van der Waals surface area contributed by atoms with Crippen molar-refractivity contribution in [3.8, 4) is 0 Å². The van der Waals surface area contributed by atoms with Gasteiger partial charge in [-0.1, -0.05) is 6.07 Å². The first-order chi connectivity index (χ1) is 9.05. The van der Waals surface area contributed by atoms with E-state index in [1.165, 1.54) is 6.07 Å². The molecule has 6 nitrogen and oxygen atoms in total. The molecule has 8 heteroatoms. The van der Waals surface area contributed by atoms with E-state index in [1.54, 1.807) is 39.8 Å². The van der Waals surface area contributed by atoms with E-state index in [1.807, 2.05) is 0 Å². The Bertz CT molecular complexity index is 610. The Morgan fingerprint density at radius 1 is 1.29 bits per heavy atom. The van der Waals surface area contributed by atoms with Gasteiger partial charge in [-0.15, -0.1) is 12.4 Å². The van der Waals surface area contributed by atoms with Crippen LogP contribution in [0.4, 0.5) is 5.69 Å². The Balaban J connectivity index is 0.00000400. The second kappa shape index (κ2) is 7.22. The van der Waals surface area contributed by atoms with E-state index >= 15 is 0 Å². The second-order valence-corrected chi connectivity index (χ2v) is 7.24. The highest BCUT2D eigenvalue weighted by molar-refractivity contribution is 7.89. The van der Waals surface area contributed by atoms with Gasteiger partial charge in [0.1, 0.15) is 0 Å². The van der Waals surface area contributed by atoms with Crippen LogP contribution >= 0.6 is 12.4 Å². The summed E-state index contributed by atoms with van der Waals surface area (Å²) in [5.74, 6) is -0.374. The van der Waals surface area contributed by atoms with Gasteiger partial charge in [0.15, 0.2) is 0 Å². The van der Waals surface area contributed by atoms with Gasteiger partial charge >= 0.3 is 0 Å². The lowest BCUT2D eigenvalue weighted by Crippen LogP contribution is -2.40. The Hall–Kier alpha value is -1.15. The maximum absolute atomic E-state index is 12.3. The van der Waals surface area contributed by atoms with E-state index in [4.69, 9.17) is 5.73 Å². The minimum Gasteiger partial charge on any atom is -0.325 e. The lowest BCUT2D eigenvalue weighted by Gasteiger charge is -2.21. The van der Waals surface area contributed by atoms with Crippen molar-refractivity contribution in [2.45, 2.75) is 38.1 Å². The number of sulfonamides is 1. The molecule has 1 rings (SSSR count). The molecule has 0 aromatic heterocycles. The third-order valence-corrected chi connectivity index (χ3v) is 4.29. The SMILES string of the molecule is Cc1ccc(NC(=O)CN)cc1S(=O)(=O)NC(C)(C)C.Cl. The normalized spacial score (nSPS) is 11.7. The maximum atomic E-state index is 12.3. The molecule has 0 atom stereocenters. The van der Waals surface area contributed by atoms with E-state index in [-0.39, 0.29) is 29.8 Å². The highest BCUT2D eigenvalue weighted by Gasteiger charge is 2.23. The van der Waals surface area contributed by atoms with Crippen LogP contribution in [0.1, 0.15) is 26.3 Å². The molecular formula is C13H22ClN3O3S. The summed E-state index contributed by atoms with van der Waals surface area (Å²) in [7, 11) is -3.65. The first-order valence-corrected chi connectivity index (χ1v) is 7.68. The molecule has 0 fully saturated rings. The van der Waals surface area contributed by atoms with Crippen molar-refractivity contribution >= 4 is 34.0 Å². The fourth-order valence-corrected chi connectivity index (χ4v) is 3.33. The van der Waals surface area contributed by atoms with Gasteiger partial charge in [0.25, 0.3) is 0 Å². The predicted octanol–water partition coefficient (Wildman–Crippen LogP) is 1.39. The molecule has 0 aliphatic heterocycles. The van der Waals surface area contributed by atoms with Gasteiger partial charge in [0, 0.05) is 11.2 Å². The molecule has 4 N–H and O–H groups in total. The number of nitrogens with two attached hydrogens (primary N) is 1. The first-order valence-electron chi connectivity index (χ1n) is 6.20. The van der Waals surface area contributed by atoms with Crippen LogP contribution in [0, 0.1) is 6.92 Å². The van der Waals surface area contributed by atoms with Crippen molar-refractivity contribution in [1.29, 1.82) is 0 Å². The Morgan fingerprint density at radius 3 is 2.33 bits per heavy atom. The van der Waals surface area contributed by atoms with Crippen LogP contribution in [-0.2, 0) is 14.8 Å². The molecule has 0 unspecified atom stereocenters. The molecular weight excluding hydrogens is 314 g/mol. The van der Waals surface area contributed by atoms with Crippen molar-refractivity contribution in [3.05, 3.63) is 23.8 Å². The number of hydrogen-bond donors (Lipinski definition) is 3. The Morgan fingerprint density at radius 2 is 1.86 bits per heavy atom. The summed E-state index contributed by atoms with van der Waals surface area (Å²) in [4.78, 5) is 11.4. The smallest absolute Gasteiger partial charge is 0.241 e. The second-order valence-electron chi connectivity index (χ2n) is 5.59. The summed E-state index contributed by atoms with van der Waals surface area (Å²) in [5.41, 5.74) is 5.64. The number of carbonyl (C=O) groups excluding carboxylic acids is 1. The molecule has 0 aliphatic carbocycles. The van der Waals surface area contributed by atoms with Crippen LogP contribution in [0.2, 0.25) is 0 Å². The van der Waals surface area contributed by atoms with Gasteiger partial charge in [0.2, 0.25) is 15.9 Å². The van der Waals surface area contributed by atoms with E-state index in [2.05, 4.69) is 10.0 Å². The van der Waals surface area contributed by atoms with Crippen LogP contribution in [0.25, 0.3) is 0 Å². The fourth-order valence-electron chi connectivity index (χ4n) is 1.64. The van der Waals surface area contributed by atoms with Gasteiger partial charge in [-0.05, 0) is 45.4 Å². The predicted molar refractivity (Wildman–Crippen MR) is 86.2 cm³/mol. The van der Waals surface area contributed by atoms with Gasteiger partial charge in [-0.3, -0.25) is 4.79 Å². The van der Waals surface area contributed by atoms with Crippen LogP contribution < -0.4 is 15.8 Å². The molecule has 1 amide bonds. The number of benzene rings is 1. The third kappa shape index (κ3) is 6.01. The van der Waals surface area contributed by atoms with Crippen LogP contribution in [0.15, 0.2) is 23.1 Å². The monoisotopic (exact) mass is 335 g/mol. The van der Waals surface area contributed by atoms with E-state index < -0.39 is 15.6 Å². The third-order valence-electron chi connectivity index (χ3n) is 2.39. The summed E-state index contributed by atoms with van der Waals surface area (Å²) >= 11 is 0. The maximum Gasteiger partial charge on any atom is 0.241 e. The molecule has 1 aromatic rings. The zero-order valence-corrected chi connectivity index (χ0v) is 14.2. The topological polar surface area (TPSA) is 101 Å². The van der Waals surface area contributed by atoms with Gasteiger partial charge in [-0.25, -0.2) is 13.1 Å². The summed E-state index contributed by atoms with van der Waals surface area (Å²) in [5, 5.41) is 2.54. The first kappa shape index (κ1) is 19.9. The average Bonchev–Trinajstić information content (AvgIpc) is 2.28. The number of anilines is 1. The van der Waals surface area contributed by atoms with E-state index in [0.29, 0.717) is 11.3 Å². The lowest BCUT2D eigenvalue weighted by atomic mass is 10.1. The molecule has 0 saturated carbocycles. The van der Waals surface area contributed by atoms with Crippen LogP contribution in [0.5, 0.6) is 0 Å². The molecule has 0 heterocycles. The number of hydrogen-bond acceptors (Lipinski definition) is 4. The summed E-state index contributed by atoms with van der Waals surface area (Å²) in [6, 6.07) is 4.71. The van der Waals surface area contributed by atoms with E-state index in [0.717, 1.165) is 0 Å². The van der Waals surface area contributed by atoms with Gasteiger partial charge < -0.3 is 11.1 Å². The minimum absolute atomic E-state index is 0. The molecule has 0 spiro atoms. The Labute approximate surface area is 132 Å². The summed E-state index contributed by atoms with van der Waals surface area (Å²) < 4.78 is 27.2. The van der Waals surface area contributed by atoms with Crippen LogP contribution in [0.3, 0.4) is 0 Å². The summed E-state index contributed by atoms with van der Waals surface area (Å²) in [6.45, 7) is 6.84. The molecule has 1 aromatic carbocycles. The molecule has 0 radical (unpaired) electrons. The Kier molecular flexibility index (Phi) is 6.82. The van der Waals surface area contributed by atoms with Crippen molar-refractivity contribution in [2.75, 3.05) is 11.9 Å². The van der Waals surface area contributed by atoms with E-state index in [9.17, 15) is 13.2 Å². The lowest BCUT2D eigenvalue weighted by molar-refractivity contribution is -0.114. The highest BCUT2D eigenvalue weighted by atomic mass is 35.5. The van der Waals surface area contributed by atoms with Crippen molar-refractivity contribution in [3.63, 3.8) is 0 Å². The molecule has 0 bridgehead atoms. The number of aryl methyl sites for hydroxylation is 1. The largest absolute Gasteiger partial charge is 0.325 e. The zero-order valence-electron chi connectivity index (χ0n) is 12.6. The van der Waals surface area contributed by atoms with Crippen molar-refractivity contribution < 1.29 is 13.2 Å². The number of nitrogens with one attached hydrogen (secondary N) is 2. The molecule has 0 saturated heterocycles. The van der Waals surface area contributed by atoms with Crippen molar-refractivity contribution in [2.24, 2.45) is 5.73 Å². The van der Waals surface area contributed by atoms with Gasteiger partial charge in [0.05, 0.1) is 11.4 Å². The molecule has 0 aliphatic rings. The van der Waals surface area contributed by atoms with Crippen molar-refractivity contribution in [1.82, 2.24) is 4.72 Å². The zero-order chi connectivity index (χ0) is 15.6. The molecule has 120 valence electrons. The number of amides is 1. The summed E-state index contributed by atoms with van der Waals surface area (Å²) in [6.07, 6.45) is 0. The molecule has 21 heavy (non-hydrogen) atoms. The average molecular weight is 336 g/mol.